The van der Waals surface area contributed by atoms with Gasteiger partial charge in [-0.25, -0.2) is 0 Å². The Labute approximate surface area is 86.6 Å². The highest BCUT2D eigenvalue weighted by atomic mass is 16.5. The lowest BCUT2D eigenvalue weighted by Gasteiger charge is -2.16. The second kappa shape index (κ2) is 9.40. The van der Waals surface area contributed by atoms with Crippen LogP contribution in [0.3, 0.4) is 0 Å². The molecule has 0 radical (unpaired) electrons. The van der Waals surface area contributed by atoms with E-state index in [1.54, 1.807) is 14.0 Å². The van der Waals surface area contributed by atoms with E-state index in [1.807, 2.05) is 6.92 Å². The minimum Gasteiger partial charge on any atom is -0.392 e. The number of rotatable bonds is 9. The van der Waals surface area contributed by atoms with Gasteiger partial charge in [-0.2, -0.15) is 0 Å². The molecule has 0 aliphatic carbocycles. The molecule has 0 aliphatic heterocycles. The van der Waals surface area contributed by atoms with E-state index in [1.165, 1.54) is 0 Å². The molecule has 0 aromatic rings. The SMILES string of the molecule is COCCOCCCNC(C)C(C)O. The van der Waals surface area contributed by atoms with Gasteiger partial charge in [0.15, 0.2) is 0 Å². The van der Waals surface area contributed by atoms with Gasteiger partial charge < -0.3 is 19.9 Å². The van der Waals surface area contributed by atoms with E-state index >= 15 is 0 Å². The highest BCUT2D eigenvalue weighted by Crippen LogP contribution is 1.90. The second-order valence-electron chi connectivity index (χ2n) is 3.44. The normalized spacial score (nSPS) is 15.4. The predicted molar refractivity (Wildman–Crippen MR) is 56.5 cm³/mol. The molecule has 86 valence electrons. The lowest BCUT2D eigenvalue weighted by Crippen LogP contribution is -2.36. The Morgan fingerprint density at radius 3 is 2.50 bits per heavy atom. The van der Waals surface area contributed by atoms with E-state index in [2.05, 4.69) is 5.32 Å². The maximum absolute atomic E-state index is 9.18. The molecule has 0 spiro atoms. The molecular formula is C10H23NO3. The first-order chi connectivity index (χ1) is 6.68. The number of aliphatic hydroxyl groups is 1. The van der Waals surface area contributed by atoms with Gasteiger partial charge in [-0.05, 0) is 26.8 Å². The third kappa shape index (κ3) is 8.44. The molecule has 0 amide bonds. The van der Waals surface area contributed by atoms with E-state index in [0.29, 0.717) is 13.2 Å². The summed E-state index contributed by atoms with van der Waals surface area (Å²) >= 11 is 0. The van der Waals surface area contributed by atoms with Gasteiger partial charge >= 0.3 is 0 Å². The van der Waals surface area contributed by atoms with E-state index in [9.17, 15) is 5.11 Å². The van der Waals surface area contributed by atoms with Crippen molar-refractivity contribution in [3.8, 4) is 0 Å². The van der Waals surface area contributed by atoms with E-state index in [-0.39, 0.29) is 12.1 Å². The van der Waals surface area contributed by atoms with E-state index < -0.39 is 0 Å². The molecule has 2 atom stereocenters. The summed E-state index contributed by atoms with van der Waals surface area (Å²) in [5.41, 5.74) is 0. The summed E-state index contributed by atoms with van der Waals surface area (Å²) in [6.45, 7) is 6.67. The molecule has 0 bridgehead atoms. The fourth-order valence-electron chi connectivity index (χ4n) is 0.919. The standard InChI is InChI=1S/C10H23NO3/c1-9(10(2)12)11-5-4-6-14-8-7-13-3/h9-12H,4-8H2,1-3H3. The zero-order valence-corrected chi connectivity index (χ0v) is 9.45. The molecule has 0 saturated carbocycles. The van der Waals surface area contributed by atoms with E-state index in [4.69, 9.17) is 9.47 Å². The van der Waals surface area contributed by atoms with Crippen LogP contribution in [0, 0.1) is 0 Å². The first-order valence-corrected chi connectivity index (χ1v) is 5.16. The van der Waals surface area contributed by atoms with Crippen LogP contribution in [0.5, 0.6) is 0 Å². The summed E-state index contributed by atoms with van der Waals surface area (Å²) in [5, 5.41) is 12.4. The van der Waals surface area contributed by atoms with Crippen LogP contribution in [0.1, 0.15) is 20.3 Å². The minimum atomic E-state index is -0.301. The fourth-order valence-corrected chi connectivity index (χ4v) is 0.919. The molecule has 0 saturated heterocycles. The average molecular weight is 205 g/mol. The van der Waals surface area contributed by atoms with Gasteiger partial charge in [0.25, 0.3) is 0 Å². The van der Waals surface area contributed by atoms with Gasteiger partial charge in [-0.3, -0.25) is 0 Å². The summed E-state index contributed by atoms with van der Waals surface area (Å²) < 4.78 is 10.1. The molecule has 0 rings (SSSR count). The van der Waals surface area contributed by atoms with Crippen LogP contribution in [-0.2, 0) is 9.47 Å². The monoisotopic (exact) mass is 205 g/mol. The van der Waals surface area contributed by atoms with Gasteiger partial charge in [0.1, 0.15) is 0 Å². The minimum absolute atomic E-state index is 0.147. The molecule has 0 heterocycles. The van der Waals surface area contributed by atoms with Crippen molar-refractivity contribution in [3.05, 3.63) is 0 Å². The van der Waals surface area contributed by atoms with Crippen molar-refractivity contribution in [3.63, 3.8) is 0 Å². The highest BCUT2D eigenvalue weighted by Gasteiger charge is 2.05. The molecule has 2 unspecified atom stereocenters. The topological polar surface area (TPSA) is 50.7 Å². The van der Waals surface area contributed by atoms with Crippen LogP contribution in [0.4, 0.5) is 0 Å². The van der Waals surface area contributed by atoms with E-state index in [0.717, 1.165) is 19.6 Å². The summed E-state index contributed by atoms with van der Waals surface area (Å²) in [4.78, 5) is 0. The Morgan fingerprint density at radius 1 is 1.21 bits per heavy atom. The zero-order chi connectivity index (χ0) is 10.8. The fraction of sp³-hybridized carbons (Fsp3) is 1.00. The number of hydrogen-bond donors (Lipinski definition) is 2. The third-order valence-electron chi connectivity index (χ3n) is 2.09. The van der Waals surface area contributed by atoms with Crippen LogP contribution >= 0.6 is 0 Å². The number of nitrogens with one attached hydrogen (secondary N) is 1. The molecular weight excluding hydrogens is 182 g/mol. The zero-order valence-electron chi connectivity index (χ0n) is 9.45. The first kappa shape index (κ1) is 13.8. The van der Waals surface area contributed by atoms with Crippen LogP contribution in [-0.4, -0.2) is 50.7 Å². The van der Waals surface area contributed by atoms with Gasteiger partial charge in [-0.15, -0.1) is 0 Å². The summed E-state index contributed by atoms with van der Waals surface area (Å²) in [6, 6.07) is 0.147. The largest absolute Gasteiger partial charge is 0.392 e. The van der Waals surface area contributed by atoms with Crippen molar-refractivity contribution in [1.82, 2.24) is 5.32 Å². The maximum Gasteiger partial charge on any atom is 0.0700 e. The Hall–Kier alpha value is -0.160. The molecule has 0 aromatic heterocycles. The molecule has 0 aliphatic rings. The van der Waals surface area contributed by atoms with Crippen molar-refractivity contribution in [2.24, 2.45) is 0 Å². The Kier molecular flexibility index (Phi) is 9.29. The molecule has 14 heavy (non-hydrogen) atoms. The predicted octanol–water partition coefficient (Wildman–Crippen LogP) is 0.398. The molecule has 0 fully saturated rings. The van der Waals surface area contributed by atoms with Crippen LogP contribution in [0.25, 0.3) is 0 Å². The maximum atomic E-state index is 9.18. The van der Waals surface area contributed by atoms with Crippen LogP contribution in [0.15, 0.2) is 0 Å². The first-order valence-electron chi connectivity index (χ1n) is 5.16. The number of ether oxygens (including phenoxy) is 2. The smallest absolute Gasteiger partial charge is 0.0700 e. The summed E-state index contributed by atoms with van der Waals surface area (Å²) in [6.07, 6.45) is 0.658. The molecule has 4 nitrogen and oxygen atoms in total. The highest BCUT2D eigenvalue weighted by molar-refractivity contribution is 4.65. The van der Waals surface area contributed by atoms with Crippen molar-refractivity contribution in [2.45, 2.75) is 32.4 Å². The van der Waals surface area contributed by atoms with Gasteiger partial charge in [0.2, 0.25) is 0 Å². The third-order valence-corrected chi connectivity index (χ3v) is 2.09. The van der Waals surface area contributed by atoms with Crippen molar-refractivity contribution in [2.75, 3.05) is 33.5 Å². The number of hydrogen-bond acceptors (Lipinski definition) is 4. The van der Waals surface area contributed by atoms with Crippen molar-refractivity contribution >= 4 is 0 Å². The lowest BCUT2D eigenvalue weighted by atomic mass is 10.2. The molecule has 2 N–H and O–H groups in total. The quantitative estimate of drug-likeness (QED) is 0.535. The van der Waals surface area contributed by atoms with Crippen molar-refractivity contribution in [1.29, 1.82) is 0 Å². The molecule has 4 heteroatoms. The van der Waals surface area contributed by atoms with Crippen molar-refractivity contribution < 1.29 is 14.6 Å². The second-order valence-corrected chi connectivity index (χ2v) is 3.44. The van der Waals surface area contributed by atoms with Gasteiger partial charge in [-0.1, -0.05) is 0 Å². The Bertz CT molecular complexity index is 120. The lowest BCUT2D eigenvalue weighted by molar-refractivity contribution is 0.0684. The Morgan fingerprint density at radius 2 is 1.93 bits per heavy atom. The van der Waals surface area contributed by atoms with Crippen LogP contribution in [0.2, 0.25) is 0 Å². The average Bonchev–Trinajstić information content (AvgIpc) is 2.16. The molecule has 0 aromatic carbocycles. The Balaban J connectivity index is 3.06. The number of aliphatic hydroxyl groups excluding tert-OH is 1. The van der Waals surface area contributed by atoms with Gasteiger partial charge in [0, 0.05) is 19.8 Å². The van der Waals surface area contributed by atoms with Crippen LogP contribution < -0.4 is 5.32 Å². The summed E-state index contributed by atoms with van der Waals surface area (Å²) in [7, 11) is 1.66. The van der Waals surface area contributed by atoms with Gasteiger partial charge in [0.05, 0.1) is 19.3 Å². The number of methoxy groups -OCH3 is 1. The summed E-state index contributed by atoms with van der Waals surface area (Å²) in [5.74, 6) is 0.